The van der Waals surface area contributed by atoms with Gasteiger partial charge in [0.2, 0.25) is 0 Å². The minimum Gasteiger partial charge on any atom is -0.381 e. The van der Waals surface area contributed by atoms with Crippen LogP contribution in [0.3, 0.4) is 0 Å². The van der Waals surface area contributed by atoms with Crippen molar-refractivity contribution >= 4 is 23.2 Å². The lowest BCUT2D eigenvalue weighted by Gasteiger charge is -2.20. The zero-order valence-corrected chi connectivity index (χ0v) is 13.9. The largest absolute Gasteiger partial charge is 0.381 e. The average molecular weight is 309 g/mol. The van der Waals surface area contributed by atoms with Crippen LogP contribution in [-0.4, -0.2) is 30.9 Å². The van der Waals surface area contributed by atoms with Crippen molar-refractivity contribution in [1.82, 2.24) is 4.90 Å². The van der Waals surface area contributed by atoms with E-state index in [2.05, 4.69) is 12.2 Å². The number of nitrogens with one attached hydrogen (secondary N) is 1. The van der Waals surface area contributed by atoms with Crippen LogP contribution in [0.15, 0.2) is 18.2 Å². The van der Waals surface area contributed by atoms with Gasteiger partial charge in [0.25, 0.3) is 5.91 Å². The summed E-state index contributed by atoms with van der Waals surface area (Å²) in [7, 11) is 3.52. The maximum Gasteiger partial charge on any atom is 0.253 e. The molecule has 3 nitrogen and oxygen atoms in total. The Labute approximate surface area is 132 Å². The Kier molecular flexibility index (Phi) is 5.51. The van der Waals surface area contributed by atoms with Gasteiger partial charge in [-0.25, -0.2) is 0 Å². The van der Waals surface area contributed by atoms with E-state index in [-0.39, 0.29) is 5.91 Å². The Morgan fingerprint density at radius 3 is 2.71 bits per heavy atom. The highest BCUT2D eigenvalue weighted by Crippen LogP contribution is 2.29. The number of hydrogen-bond donors (Lipinski definition) is 1. The molecule has 2 rings (SSSR count). The fourth-order valence-electron chi connectivity index (χ4n) is 2.88. The molecule has 1 saturated carbocycles. The normalized spacial score (nSPS) is 22.5. The first-order valence-electron chi connectivity index (χ1n) is 7.75. The summed E-state index contributed by atoms with van der Waals surface area (Å²) in [5.41, 5.74) is 1.55. The molecule has 0 spiro atoms. The monoisotopic (exact) mass is 308 g/mol. The van der Waals surface area contributed by atoms with E-state index in [1.165, 1.54) is 32.1 Å². The number of benzene rings is 1. The van der Waals surface area contributed by atoms with Crippen molar-refractivity contribution in [2.75, 3.05) is 19.4 Å². The number of halogens is 1. The van der Waals surface area contributed by atoms with E-state index in [4.69, 9.17) is 11.6 Å². The lowest BCUT2D eigenvalue weighted by molar-refractivity contribution is 0.0827. The van der Waals surface area contributed by atoms with Crippen molar-refractivity contribution in [3.8, 4) is 0 Å². The zero-order valence-electron chi connectivity index (χ0n) is 13.2. The second-order valence-electron chi connectivity index (χ2n) is 6.35. The Balaban J connectivity index is 2.11. The third-order valence-electron chi connectivity index (χ3n) is 4.24. The predicted octanol–water partition coefficient (Wildman–Crippen LogP) is 4.42. The van der Waals surface area contributed by atoms with Crippen molar-refractivity contribution in [1.29, 1.82) is 0 Å². The molecule has 1 aliphatic carbocycles. The minimum atomic E-state index is 0.00389. The van der Waals surface area contributed by atoms with Crippen molar-refractivity contribution in [2.24, 2.45) is 5.92 Å². The van der Waals surface area contributed by atoms with Crippen LogP contribution < -0.4 is 5.32 Å². The Bertz CT molecular complexity index is 502. The van der Waals surface area contributed by atoms with Crippen molar-refractivity contribution in [3.63, 3.8) is 0 Å². The highest BCUT2D eigenvalue weighted by molar-refractivity contribution is 6.33. The molecule has 0 saturated heterocycles. The first-order chi connectivity index (χ1) is 9.97. The fraction of sp³-hybridized carbons (Fsp3) is 0.588. The number of anilines is 1. The lowest BCUT2D eigenvalue weighted by Crippen LogP contribution is -2.22. The van der Waals surface area contributed by atoms with Crippen LogP contribution in [-0.2, 0) is 0 Å². The van der Waals surface area contributed by atoms with Crippen molar-refractivity contribution < 1.29 is 4.79 Å². The van der Waals surface area contributed by atoms with Gasteiger partial charge in [-0.05, 0) is 43.4 Å². The third-order valence-corrected chi connectivity index (χ3v) is 4.57. The number of carbonyl (C=O) groups is 1. The van der Waals surface area contributed by atoms with Crippen LogP contribution in [0.2, 0.25) is 5.02 Å². The highest BCUT2D eigenvalue weighted by atomic mass is 35.5. The smallest absolute Gasteiger partial charge is 0.253 e. The number of amides is 1. The molecule has 1 aromatic carbocycles. The van der Waals surface area contributed by atoms with Gasteiger partial charge in [-0.3, -0.25) is 4.79 Å². The van der Waals surface area contributed by atoms with Crippen LogP contribution in [0, 0.1) is 5.92 Å². The van der Waals surface area contributed by atoms with Gasteiger partial charge in [0.05, 0.1) is 10.7 Å². The Morgan fingerprint density at radius 2 is 2.00 bits per heavy atom. The maximum absolute atomic E-state index is 12.1. The molecule has 0 radical (unpaired) electrons. The highest BCUT2D eigenvalue weighted by Gasteiger charge is 2.18. The summed E-state index contributed by atoms with van der Waals surface area (Å²) in [5.74, 6) is 0.818. The molecule has 21 heavy (non-hydrogen) atoms. The summed E-state index contributed by atoms with van der Waals surface area (Å²) in [6.07, 6.45) is 6.17. The average Bonchev–Trinajstić information content (AvgIpc) is 2.65. The van der Waals surface area contributed by atoms with Gasteiger partial charge < -0.3 is 10.2 Å². The summed E-state index contributed by atoms with van der Waals surface area (Å²) < 4.78 is 0. The summed E-state index contributed by atoms with van der Waals surface area (Å²) >= 11 is 6.28. The fourth-order valence-corrected chi connectivity index (χ4v) is 3.05. The molecule has 1 aliphatic rings. The second-order valence-corrected chi connectivity index (χ2v) is 6.76. The van der Waals surface area contributed by atoms with E-state index >= 15 is 0 Å². The first-order valence-corrected chi connectivity index (χ1v) is 8.13. The predicted molar refractivity (Wildman–Crippen MR) is 89.1 cm³/mol. The molecular formula is C17H25ClN2O. The van der Waals surface area contributed by atoms with Crippen molar-refractivity contribution in [2.45, 2.75) is 45.1 Å². The van der Waals surface area contributed by atoms with E-state index in [1.807, 2.05) is 6.07 Å². The van der Waals surface area contributed by atoms with Crippen LogP contribution >= 0.6 is 11.6 Å². The molecule has 1 N–H and O–H groups in total. The van der Waals surface area contributed by atoms with Crippen LogP contribution in [0.1, 0.15) is 49.4 Å². The molecule has 1 amide bonds. The maximum atomic E-state index is 12.1. The topological polar surface area (TPSA) is 32.3 Å². The van der Waals surface area contributed by atoms with E-state index in [0.717, 1.165) is 11.6 Å². The van der Waals surface area contributed by atoms with Gasteiger partial charge in [0, 0.05) is 25.7 Å². The first kappa shape index (κ1) is 16.2. The molecule has 0 heterocycles. The SMILES string of the molecule is CC1CCCC(Nc2cc(C(=O)N(C)C)ccc2Cl)CC1. The van der Waals surface area contributed by atoms with Gasteiger partial charge >= 0.3 is 0 Å². The molecule has 0 bridgehead atoms. The molecule has 0 aromatic heterocycles. The van der Waals surface area contributed by atoms with E-state index in [0.29, 0.717) is 16.6 Å². The second kappa shape index (κ2) is 7.17. The van der Waals surface area contributed by atoms with E-state index in [9.17, 15) is 4.79 Å². The van der Waals surface area contributed by atoms with Crippen molar-refractivity contribution in [3.05, 3.63) is 28.8 Å². The van der Waals surface area contributed by atoms with Gasteiger partial charge in [-0.15, -0.1) is 0 Å². The third kappa shape index (κ3) is 4.37. The van der Waals surface area contributed by atoms with Crippen LogP contribution in [0.4, 0.5) is 5.69 Å². The summed E-state index contributed by atoms with van der Waals surface area (Å²) in [5, 5.41) is 4.22. The summed E-state index contributed by atoms with van der Waals surface area (Å²) in [4.78, 5) is 13.6. The minimum absolute atomic E-state index is 0.00389. The molecule has 0 aliphatic heterocycles. The number of nitrogens with zero attached hydrogens (tertiary/aromatic N) is 1. The summed E-state index contributed by atoms with van der Waals surface area (Å²) in [6.45, 7) is 2.33. The van der Waals surface area contributed by atoms with E-state index in [1.54, 1.807) is 31.1 Å². The van der Waals surface area contributed by atoms with Gasteiger partial charge in [0.1, 0.15) is 0 Å². The van der Waals surface area contributed by atoms with Crippen LogP contribution in [0.25, 0.3) is 0 Å². The van der Waals surface area contributed by atoms with Gasteiger partial charge in [0.15, 0.2) is 0 Å². The Morgan fingerprint density at radius 1 is 1.24 bits per heavy atom. The Hall–Kier alpha value is -1.22. The quantitative estimate of drug-likeness (QED) is 0.838. The molecule has 1 aromatic rings. The molecule has 4 heteroatoms. The molecule has 2 unspecified atom stereocenters. The number of rotatable bonds is 3. The molecule has 1 fully saturated rings. The number of carbonyl (C=O) groups excluding carboxylic acids is 1. The van der Waals surface area contributed by atoms with Gasteiger partial charge in [-0.1, -0.05) is 31.4 Å². The van der Waals surface area contributed by atoms with Crippen LogP contribution in [0.5, 0.6) is 0 Å². The molecular weight excluding hydrogens is 284 g/mol. The standard InChI is InChI=1S/C17H25ClN2O/c1-12-5-4-6-14(9-7-12)19-16-11-13(8-10-15(16)18)17(21)20(2)3/h8,10-12,14,19H,4-7,9H2,1-3H3. The number of hydrogen-bond acceptors (Lipinski definition) is 2. The molecule has 2 atom stereocenters. The lowest BCUT2D eigenvalue weighted by atomic mass is 10.0. The molecule has 116 valence electrons. The van der Waals surface area contributed by atoms with E-state index < -0.39 is 0 Å². The van der Waals surface area contributed by atoms with Gasteiger partial charge in [-0.2, -0.15) is 0 Å². The zero-order chi connectivity index (χ0) is 15.4. The summed E-state index contributed by atoms with van der Waals surface area (Å²) in [6, 6.07) is 5.92.